The van der Waals surface area contributed by atoms with E-state index in [0.717, 1.165) is 0 Å². The molecule has 0 saturated heterocycles. The van der Waals surface area contributed by atoms with Gasteiger partial charge in [0.05, 0.1) is 0 Å². The van der Waals surface area contributed by atoms with Gasteiger partial charge in [-0.3, -0.25) is 0 Å². The van der Waals surface area contributed by atoms with Crippen LogP contribution in [-0.4, -0.2) is 30.5 Å². The molecule has 60 valence electrons. The number of ether oxygens (including phenoxy) is 1. The zero-order valence-electron chi connectivity index (χ0n) is 5.73. The molecule has 1 aliphatic rings. The Labute approximate surface area is 68.9 Å². The van der Waals surface area contributed by atoms with E-state index >= 15 is 0 Å². The van der Waals surface area contributed by atoms with Gasteiger partial charge in [0.1, 0.15) is 6.61 Å². The Balaban J connectivity index is 2.35. The lowest BCUT2D eigenvalue weighted by molar-refractivity contribution is -0.532. The summed E-state index contributed by atoms with van der Waals surface area (Å²) in [5, 5.41) is 3.66. The molecule has 0 radical (unpaired) electrons. The number of rotatable bonds is 3. The van der Waals surface area contributed by atoms with Gasteiger partial charge < -0.3 is 4.74 Å². The van der Waals surface area contributed by atoms with Crippen LogP contribution in [0.25, 0.3) is 0 Å². The molecule has 1 rings (SSSR count). The average Bonchev–Trinajstić information content (AvgIpc) is 2.52. The number of nitrogens with two attached hydrogens (primary N) is 1. The molecular weight excluding hydrogens is 166 g/mol. The minimum absolute atomic E-state index is 0.104. The molecular formula is C5H8N3O2S+. The molecule has 0 aromatic rings. The van der Waals surface area contributed by atoms with E-state index < -0.39 is 5.97 Å². The second-order valence-corrected chi connectivity index (χ2v) is 2.19. The van der Waals surface area contributed by atoms with Crippen LogP contribution in [0.3, 0.4) is 0 Å². The van der Waals surface area contributed by atoms with Crippen LogP contribution >= 0.6 is 12.6 Å². The van der Waals surface area contributed by atoms with Crippen LogP contribution in [0.4, 0.5) is 0 Å². The maximum Gasteiger partial charge on any atom is 0.382 e. The van der Waals surface area contributed by atoms with Crippen molar-refractivity contribution in [1.29, 1.82) is 0 Å². The lowest BCUT2D eigenvalue weighted by atomic mass is 10.6. The molecule has 6 heteroatoms. The highest BCUT2D eigenvalue weighted by molar-refractivity contribution is 7.80. The minimum atomic E-state index is -0.496. The molecule has 1 heterocycles. The highest BCUT2D eigenvalue weighted by Gasteiger charge is 2.16. The number of carbonyl (C=O) groups is 1. The first-order valence-electron chi connectivity index (χ1n) is 3.06. The number of hydrogen-bond acceptors (Lipinski definition) is 5. The van der Waals surface area contributed by atoms with Gasteiger partial charge in [-0.2, -0.15) is 23.0 Å². The van der Waals surface area contributed by atoms with E-state index in [2.05, 4.69) is 22.7 Å². The highest BCUT2D eigenvalue weighted by Crippen LogP contribution is 1.87. The van der Waals surface area contributed by atoms with Gasteiger partial charge in [-0.25, -0.2) is 4.79 Å². The fraction of sp³-hybridized carbons (Fsp3) is 0.400. The molecule has 0 saturated carbocycles. The fourth-order valence-electron chi connectivity index (χ4n) is 0.550. The monoisotopic (exact) mass is 174 g/mol. The third-order valence-electron chi connectivity index (χ3n) is 0.967. The standard InChI is InChI=1S/C5H7N3O2S/c9-5(10-1-2-11)4-6-3-7-8-4/h3,11H,1-2H2,(H,6,7,8)/p+1. The quantitative estimate of drug-likeness (QED) is 0.307. The zero-order chi connectivity index (χ0) is 8.10. The SMILES string of the molecule is O=C(OCCS)C1=N[NH2+]C=N1. The van der Waals surface area contributed by atoms with Crippen molar-refractivity contribution < 1.29 is 15.0 Å². The second kappa shape index (κ2) is 4.09. The molecule has 0 aromatic heterocycles. The summed E-state index contributed by atoms with van der Waals surface area (Å²) in [6.45, 7) is 0.288. The van der Waals surface area contributed by atoms with Gasteiger partial charge in [-0.1, -0.05) is 5.10 Å². The smallest absolute Gasteiger partial charge is 0.382 e. The van der Waals surface area contributed by atoms with Crippen LogP contribution in [0, 0.1) is 0 Å². The van der Waals surface area contributed by atoms with Gasteiger partial charge in [0, 0.05) is 5.75 Å². The summed E-state index contributed by atoms with van der Waals surface area (Å²) in [5.74, 6) is 0.114. The predicted molar refractivity (Wildman–Crippen MR) is 42.7 cm³/mol. The first kappa shape index (κ1) is 8.22. The molecule has 0 fully saturated rings. The molecule has 2 N–H and O–H groups in total. The molecule has 0 spiro atoms. The van der Waals surface area contributed by atoms with Crippen molar-refractivity contribution in [3.63, 3.8) is 0 Å². The maximum atomic E-state index is 10.9. The number of carbonyl (C=O) groups excluding carboxylic acids is 1. The second-order valence-electron chi connectivity index (χ2n) is 1.74. The van der Waals surface area contributed by atoms with Gasteiger partial charge >= 0.3 is 5.97 Å². The van der Waals surface area contributed by atoms with Crippen LogP contribution in [0.15, 0.2) is 10.1 Å². The van der Waals surface area contributed by atoms with Crippen LogP contribution in [0.5, 0.6) is 0 Å². The van der Waals surface area contributed by atoms with Crippen LogP contribution in [-0.2, 0) is 9.53 Å². The van der Waals surface area contributed by atoms with Gasteiger partial charge in [-0.15, -0.1) is 0 Å². The Bertz CT molecular complexity index is 214. The topological polar surface area (TPSA) is 67.6 Å². The van der Waals surface area contributed by atoms with Crippen molar-refractivity contribution in [3.05, 3.63) is 0 Å². The first-order valence-corrected chi connectivity index (χ1v) is 3.69. The Morgan fingerprint density at radius 2 is 2.64 bits per heavy atom. The van der Waals surface area contributed by atoms with Crippen LogP contribution in [0.2, 0.25) is 0 Å². The van der Waals surface area contributed by atoms with E-state index in [1.165, 1.54) is 11.8 Å². The van der Waals surface area contributed by atoms with Crippen molar-refractivity contribution in [2.75, 3.05) is 12.4 Å². The number of esters is 1. The lowest BCUT2D eigenvalue weighted by Gasteiger charge is -1.96. The Kier molecular flexibility index (Phi) is 3.06. The maximum absolute atomic E-state index is 10.9. The summed E-state index contributed by atoms with van der Waals surface area (Å²) >= 11 is 3.87. The van der Waals surface area contributed by atoms with Crippen molar-refractivity contribution in [3.8, 4) is 0 Å². The van der Waals surface area contributed by atoms with Gasteiger partial charge in [0.2, 0.25) is 6.34 Å². The average molecular weight is 174 g/mol. The van der Waals surface area contributed by atoms with E-state index in [4.69, 9.17) is 4.74 Å². The van der Waals surface area contributed by atoms with E-state index in [0.29, 0.717) is 5.75 Å². The number of nitrogens with zero attached hydrogens (tertiary/aromatic N) is 2. The summed E-state index contributed by atoms with van der Waals surface area (Å²) in [6.07, 6.45) is 1.44. The van der Waals surface area contributed by atoms with Gasteiger partial charge in [0.25, 0.3) is 5.84 Å². The molecule has 0 unspecified atom stereocenters. The number of thiol groups is 1. The lowest BCUT2D eigenvalue weighted by Crippen LogP contribution is -2.74. The summed E-state index contributed by atoms with van der Waals surface area (Å²) in [7, 11) is 0. The molecule has 0 aromatic carbocycles. The van der Waals surface area contributed by atoms with Crippen molar-refractivity contribution in [2.24, 2.45) is 10.1 Å². The van der Waals surface area contributed by atoms with Gasteiger partial charge in [0.15, 0.2) is 0 Å². The van der Waals surface area contributed by atoms with Crippen molar-refractivity contribution >= 4 is 30.8 Å². The van der Waals surface area contributed by atoms with Crippen molar-refractivity contribution in [2.45, 2.75) is 0 Å². The van der Waals surface area contributed by atoms with E-state index in [-0.39, 0.29) is 12.4 Å². The predicted octanol–water partition coefficient (Wildman–Crippen LogP) is -1.62. The van der Waals surface area contributed by atoms with E-state index in [9.17, 15) is 4.79 Å². The summed E-state index contributed by atoms with van der Waals surface area (Å²) in [4.78, 5) is 14.5. The Morgan fingerprint density at radius 1 is 1.82 bits per heavy atom. The fourth-order valence-corrected chi connectivity index (χ4v) is 0.641. The molecule has 5 nitrogen and oxygen atoms in total. The molecule has 11 heavy (non-hydrogen) atoms. The third kappa shape index (κ3) is 2.32. The van der Waals surface area contributed by atoms with E-state index in [1.807, 2.05) is 0 Å². The van der Waals surface area contributed by atoms with Crippen LogP contribution < -0.4 is 5.43 Å². The highest BCUT2D eigenvalue weighted by atomic mass is 32.1. The number of hydrogen-bond donors (Lipinski definition) is 2. The van der Waals surface area contributed by atoms with E-state index in [1.54, 1.807) is 0 Å². The normalized spacial score (nSPS) is 14.8. The number of quaternary nitrogens is 1. The molecule has 0 atom stereocenters. The largest absolute Gasteiger partial charge is 0.459 e. The Hall–Kier alpha value is -0.880. The van der Waals surface area contributed by atoms with Crippen LogP contribution in [0.1, 0.15) is 0 Å². The number of aliphatic imine (C=N–C) groups is 1. The van der Waals surface area contributed by atoms with Gasteiger partial charge in [-0.05, 0) is 0 Å². The first-order chi connectivity index (χ1) is 5.34. The summed E-state index contributed by atoms with van der Waals surface area (Å²) in [6, 6.07) is 0. The summed E-state index contributed by atoms with van der Waals surface area (Å²) in [5.41, 5.74) is 1.44. The summed E-state index contributed by atoms with van der Waals surface area (Å²) < 4.78 is 4.70. The number of amidine groups is 1. The molecule has 1 aliphatic heterocycles. The zero-order valence-corrected chi connectivity index (χ0v) is 6.62. The van der Waals surface area contributed by atoms with Crippen molar-refractivity contribution in [1.82, 2.24) is 0 Å². The third-order valence-corrected chi connectivity index (χ3v) is 1.15. The molecule has 0 bridgehead atoms. The minimum Gasteiger partial charge on any atom is -0.459 e. The molecule has 0 amide bonds. The Morgan fingerprint density at radius 3 is 3.18 bits per heavy atom. The molecule has 0 aliphatic carbocycles.